The normalized spacial score (nSPS) is 10.3. The number of methoxy groups -OCH3 is 1. The molecule has 27 heavy (non-hydrogen) atoms. The Labute approximate surface area is 158 Å². The average Bonchev–Trinajstić information content (AvgIpc) is 2.74. The Morgan fingerprint density at radius 2 is 1.81 bits per heavy atom. The molecule has 0 unspecified atom stereocenters. The Morgan fingerprint density at radius 3 is 2.59 bits per heavy atom. The number of aromatic nitrogens is 2. The molecule has 0 saturated carbocycles. The fourth-order valence-electron chi connectivity index (χ4n) is 2.72. The van der Waals surface area contributed by atoms with Crippen molar-refractivity contribution in [1.82, 2.24) is 9.97 Å². The van der Waals surface area contributed by atoms with E-state index in [0.717, 1.165) is 23.4 Å². The second-order valence-electron chi connectivity index (χ2n) is 5.95. The second-order valence-corrected chi connectivity index (χ2v) is 5.95. The van der Waals surface area contributed by atoms with Gasteiger partial charge < -0.3 is 15.0 Å². The van der Waals surface area contributed by atoms with Crippen molar-refractivity contribution in [1.29, 1.82) is 0 Å². The third-order valence-corrected chi connectivity index (χ3v) is 4.19. The highest BCUT2D eigenvalue weighted by molar-refractivity contribution is 6.04. The maximum absolute atomic E-state index is 12.7. The number of rotatable bonds is 7. The van der Waals surface area contributed by atoms with E-state index in [0.29, 0.717) is 18.2 Å². The molecular weight excluding hydrogens is 340 g/mol. The Balaban J connectivity index is 1.64. The van der Waals surface area contributed by atoms with E-state index in [-0.39, 0.29) is 5.91 Å². The summed E-state index contributed by atoms with van der Waals surface area (Å²) in [5.74, 6) is 1.10. The lowest BCUT2D eigenvalue weighted by Crippen LogP contribution is -2.27. The largest absolute Gasteiger partial charge is 0.496 e. The van der Waals surface area contributed by atoms with Crippen LogP contribution in [-0.2, 0) is 6.42 Å². The Hall–Kier alpha value is -3.41. The maximum atomic E-state index is 12.7. The summed E-state index contributed by atoms with van der Waals surface area (Å²) in [4.78, 5) is 22.8. The summed E-state index contributed by atoms with van der Waals surface area (Å²) in [7, 11) is 3.39. The molecule has 3 aromatic rings. The number of para-hydroxylation sites is 2. The number of hydrogen-bond acceptors (Lipinski definition) is 5. The summed E-state index contributed by atoms with van der Waals surface area (Å²) in [6.45, 7) is 0.631. The molecule has 6 nitrogen and oxygen atoms in total. The molecule has 1 heterocycles. The summed E-state index contributed by atoms with van der Waals surface area (Å²) >= 11 is 0. The van der Waals surface area contributed by atoms with Crippen molar-refractivity contribution in [2.45, 2.75) is 6.42 Å². The van der Waals surface area contributed by atoms with E-state index in [1.165, 1.54) is 0 Å². The summed E-state index contributed by atoms with van der Waals surface area (Å²) in [6, 6.07) is 19.0. The zero-order valence-corrected chi connectivity index (χ0v) is 15.4. The highest BCUT2D eigenvalue weighted by atomic mass is 16.5. The molecule has 0 aliphatic heterocycles. The van der Waals surface area contributed by atoms with Gasteiger partial charge in [-0.15, -0.1) is 0 Å². The Kier molecular flexibility index (Phi) is 5.99. The molecule has 1 amide bonds. The van der Waals surface area contributed by atoms with Crippen LogP contribution in [0.3, 0.4) is 0 Å². The number of anilines is 2. The van der Waals surface area contributed by atoms with Gasteiger partial charge in [0.2, 0.25) is 5.95 Å². The molecule has 0 spiro atoms. The molecule has 0 radical (unpaired) electrons. The topological polar surface area (TPSA) is 67.3 Å². The van der Waals surface area contributed by atoms with E-state index in [9.17, 15) is 4.79 Å². The molecule has 0 aliphatic rings. The van der Waals surface area contributed by atoms with Crippen molar-refractivity contribution < 1.29 is 9.53 Å². The van der Waals surface area contributed by atoms with Gasteiger partial charge in [0, 0.05) is 25.5 Å². The first-order valence-corrected chi connectivity index (χ1v) is 8.71. The van der Waals surface area contributed by atoms with Gasteiger partial charge in [-0.25, -0.2) is 9.97 Å². The molecule has 0 fully saturated rings. The van der Waals surface area contributed by atoms with Crippen LogP contribution < -0.4 is 15.0 Å². The number of hydrogen-bond donors (Lipinski definition) is 1. The molecule has 0 bridgehead atoms. The number of benzene rings is 2. The van der Waals surface area contributed by atoms with Crippen molar-refractivity contribution in [2.24, 2.45) is 0 Å². The molecule has 0 atom stereocenters. The zero-order valence-electron chi connectivity index (χ0n) is 15.4. The minimum absolute atomic E-state index is 0.184. The van der Waals surface area contributed by atoms with Gasteiger partial charge in [-0.05, 0) is 36.2 Å². The Morgan fingerprint density at radius 1 is 1.07 bits per heavy atom. The minimum atomic E-state index is -0.184. The lowest BCUT2D eigenvalue weighted by atomic mass is 10.1. The van der Waals surface area contributed by atoms with Gasteiger partial charge in [-0.2, -0.15) is 0 Å². The summed E-state index contributed by atoms with van der Waals surface area (Å²) in [5, 5.41) is 3.17. The van der Waals surface area contributed by atoms with Crippen LogP contribution in [-0.4, -0.2) is 36.6 Å². The van der Waals surface area contributed by atoms with Crippen LogP contribution in [0, 0.1) is 0 Å². The van der Waals surface area contributed by atoms with Crippen LogP contribution in [0.25, 0.3) is 0 Å². The van der Waals surface area contributed by atoms with Crippen LogP contribution in [0.2, 0.25) is 0 Å². The minimum Gasteiger partial charge on any atom is -0.496 e. The summed E-state index contributed by atoms with van der Waals surface area (Å²) < 4.78 is 5.36. The number of nitrogens with zero attached hydrogens (tertiary/aromatic N) is 3. The first kappa shape index (κ1) is 18.4. The molecule has 6 heteroatoms. The fourth-order valence-corrected chi connectivity index (χ4v) is 2.72. The fraction of sp³-hybridized carbons (Fsp3) is 0.190. The van der Waals surface area contributed by atoms with Crippen LogP contribution >= 0.6 is 0 Å². The molecule has 3 rings (SSSR count). The predicted octanol–water partition coefficient (Wildman–Crippen LogP) is 3.42. The highest BCUT2D eigenvalue weighted by Gasteiger charge is 2.15. The molecule has 1 N–H and O–H groups in total. The highest BCUT2D eigenvalue weighted by Crippen LogP contribution is 2.18. The van der Waals surface area contributed by atoms with Gasteiger partial charge in [0.15, 0.2) is 0 Å². The van der Waals surface area contributed by atoms with E-state index in [2.05, 4.69) is 15.3 Å². The maximum Gasteiger partial charge on any atom is 0.276 e. The van der Waals surface area contributed by atoms with E-state index >= 15 is 0 Å². The third kappa shape index (κ3) is 4.61. The quantitative estimate of drug-likeness (QED) is 0.698. The van der Waals surface area contributed by atoms with Crippen molar-refractivity contribution >= 4 is 17.5 Å². The molecule has 1 aromatic heterocycles. The van der Waals surface area contributed by atoms with Crippen molar-refractivity contribution in [3.8, 4) is 5.75 Å². The van der Waals surface area contributed by atoms with Crippen LogP contribution in [0.4, 0.5) is 11.6 Å². The molecule has 2 aromatic carbocycles. The van der Waals surface area contributed by atoms with Gasteiger partial charge in [0.25, 0.3) is 5.91 Å². The van der Waals surface area contributed by atoms with E-state index in [1.807, 2.05) is 54.6 Å². The van der Waals surface area contributed by atoms with Gasteiger partial charge in [0.05, 0.1) is 7.11 Å². The lowest BCUT2D eigenvalue weighted by Gasteiger charge is -2.17. The monoisotopic (exact) mass is 362 g/mol. The number of ether oxygens (including phenoxy) is 1. The SMILES string of the molecule is COc1ccccc1CCNc1nccc(C(=O)N(C)c2ccccc2)n1. The van der Waals surface area contributed by atoms with E-state index in [4.69, 9.17) is 4.74 Å². The lowest BCUT2D eigenvalue weighted by molar-refractivity contribution is 0.0988. The van der Waals surface area contributed by atoms with Crippen LogP contribution in [0.1, 0.15) is 16.1 Å². The predicted molar refractivity (Wildman–Crippen MR) is 106 cm³/mol. The van der Waals surface area contributed by atoms with E-state index < -0.39 is 0 Å². The third-order valence-electron chi connectivity index (χ3n) is 4.19. The Bertz CT molecular complexity index is 899. The summed E-state index contributed by atoms with van der Waals surface area (Å²) in [6.07, 6.45) is 2.35. The molecule has 0 aliphatic carbocycles. The van der Waals surface area contributed by atoms with Crippen molar-refractivity contribution in [2.75, 3.05) is 30.9 Å². The number of carbonyl (C=O) groups excluding carboxylic acids is 1. The van der Waals surface area contributed by atoms with Gasteiger partial charge >= 0.3 is 0 Å². The van der Waals surface area contributed by atoms with Crippen LogP contribution in [0.5, 0.6) is 5.75 Å². The standard InChI is InChI=1S/C21H22N4O2/c1-25(17-9-4-3-5-10-17)20(26)18-13-15-23-21(24-18)22-14-12-16-8-6-7-11-19(16)27-2/h3-11,13,15H,12,14H2,1-2H3,(H,22,23,24). The van der Waals surface area contributed by atoms with Crippen LogP contribution in [0.15, 0.2) is 66.9 Å². The van der Waals surface area contributed by atoms with Crippen molar-refractivity contribution in [3.63, 3.8) is 0 Å². The van der Waals surface area contributed by atoms with E-state index in [1.54, 1.807) is 31.3 Å². The summed E-state index contributed by atoms with van der Waals surface area (Å²) in [5.41, 5.74) is 2.26. The number of nitrogens with one attached hydrogen (secondary N) is 1. The molecular formula is C21H22N4O2. The zero-order chi connectivity index (χ0) is 19.1. The average molecular weight is 362 g/mol. The molecule has 138 valence electrons. The first-order chi connectivity index (χ1) is 13.2. The second kappa shape index (κ2) is 8.80. The molecule has 0 saturated heterocycles. The number of amides is 1. The van der Waals surface area contributed by atoms with Crippen molar-refractivity contribution in [3.05, 3.63) is 78.1 Å². The number of carbonyl (C=O) groups is 1. The van der Waals surface area contributed by atoms with Gasteiger partial charge in [0.1, 0.15) is 11.4 Å². The van der Waals surface area contributed by atoms with Gasteiger partial charge in [-0.3, -0.25) is 4.79 Å². The van der Waals surface area contributed by atoms with Gasteiger partial charge in [-0.1, -0.05) is 36.4 Å². The smallest absolute Gasteiger partial charge is 0.276 e. The first-order valence-electron chi connectivity index (χ1n) is 8.71.